The molecule has 2 aromatic heterocycles. The third-order valence-corrected chi connectivity index (χ3v) is 2.75. The molecule has 2 N–H and O–H groups in total. The number of benzene rings is 1. The number of furan rings is 1. The number of imidazole rings is 1. The number of rotatable bonds is 3. The number of hydrogen-bond donors (Lipinski definition) is 2. The van der Waals surface area contributed by atoms with E-state index in [1.54, 1.807) is 24.3 Å². The topological polar surface area (TPSA) is 83.5 Å². The molecule has 0 aliphatic carbocycles. The van der Waals surface area contributed by atoms with Gasteiger partial charge >= 0.3 is 5.69 Å². The van der Waals surface area contributed by atoms with Gasteiger partial charge < -0.3 is 9.52 Å². The normalized spacial score (nSPS) is 11.3. The summed E-state index contributed by atoms with van der Waals surface area (Å²) in [4.78, 5) is 13.5. The standard InChI is InChI=1S/C14H10FN3O3/c15-10-3-1-9(2-4-10)12-6-5-11(21-12)7-16-18-8-13(19)17-14(18)20/h1-8,19H,(H,17,20). The zero-order valence-corrected chi connectivity index (χ0v) is 10.7. The van der Waals surface area contributed by atoms with Crippen LogP contribution < -0.4 is 5.69 Å². The lowest BCUT2D eigenvalue weighted by Gasteiger charge is -1.95. The van der Waals surface area contributed by atoms with Gasteiger partial charge in [0, 0.05) is 5.56 Å². The molecule has 0 amide bonds. The monoisotopic (exact) mass is 287 g/mol. The SMILES string of the molecule is O=c1[nH]c(O)cn1N=Cc1ccc(-c2ccc(F)cc2)o1. The molecular weight excluding hydrogens is 277 g/mol. The quantitative estimate of drug-likeness (QED) is 0.724. The van der Waals surface area contributed by atoms with E-state index in [2.05, 4.69) is 10.1 Å². The van der Waals surface area contributed by atoms with Crippen molar-refractivity contribution in [2.45, 2.75) is 0 Å². The van der Waals surface area contributed by atoms with Gasteiger partial charge in [-0.3, -0.25) is 4.98 Å². The van der Waals surface area contributed by atoms with Crippen molar-refractivity contribution in [2.75, 3.05) is 0 Å². The van der Waals surface area contributed by atoms with Gasteiger partial charge in [-0.15, -0.1) is 0 Å². The highest BCUT2D eigenvalue weighted by Crippen LogP contribution is 2.21. The number of halogens is 1. The fourth-order valence-corrected chi connectivity index (χ4v) is 1.77. The van der Waals surface area contributed by atoms with Crippen LogP contribution in [0.15, 0.2) is 56.9 Å². The van der Waals surface area contributed by atoms with Crippen LogP contribution in [0.5, 0.6) is 5.88 Å². The molecule has 0 radical (unpaired) electrons. The molecule has 0 aliphatic rings. The van der Waals surface area contributed by atoms with Gasteiger partial charge in [0.15, 0.2) is 0 Å². The summed E-state index contributed by atoms with van der Waals surface area (Å²) in [6.45, 7) is 0. The van der Waals surface area contributed by atoms with Gasteiger partial charge in [0.25, 0.3) is 0 Å². The Morgan fingerprint density at radius 3 is 2.67 bits per heavy atom. The summed E-state index contributed by atoms with van der Waals surface area (Å²) in [5, 5.41) is 13.0. The van der Waals surface area contributed by atoms with E-state index in [-0.39, 0.29) is 11.7 Å². The predicted octanol–water partition coefficient (Wildman–Crippen LogP) is 2.16. The average Bonchev–Trinajstić information content (AvgIpc) is 3.04. The van der Waals surface area contributed by atoms with E-state index in [9.17, 15) is 9.18 Å². The van der Waals surface area contributed by atoms with Crippen molar-refractivity contribution < 1.29 is 13.9 Å². The van der Waals surface area contributed by atoms with Gasteiger partial charge in [-0.1, -0.05) is 0 Å². The third kappa shape index (κ3) is 2.76. The number of nitrogens with zero attached hydrogens (tertiary/aromatic N) is 2. The molecule has 1 aromatic carbocycles. The summed E-state index contributed by atoms with van der Waals surface area (Å²) in [6, 6.07) is 9.26. The fraction of sp³-hybridized carbons (Fsp3) is 0. The molecule has 21 heavy (non-hydrogen) atoms. The second-order valence-corrected chi connectivity index (χ2v) is 4.24. The van der Waals surface area contributed by atoms with Crippen molar-refractivity contribution in [3.63, 3.8) is 0 Å². The summed E-state index contributed by atoms with van der Waals surface area (Å²) >= 11 is 0. The zero-order chi connectivity index (χ0) is 14.8. The molecule has 106 valence electrons. The second-order valence-electron chi connectivity index (χ2n) is 4.24. The van der Waals surface area contributed by atoms with Gasteiger partial charge in [0.2, 0.25) is 5.88 Å². The van der Waals surface area contributed by atoms with Crippen molar-refractivity contribution >= 4 is 6.21 Å². The maximum atomic E-state index is 12.8. The van der Waals surface area contributed by atoms with E-state index >= 15 is 0 Å². The Morgan fingerprint density at radius 1 is 1.24 bits per heavy atom. The number of hydrogen-bond acceptors (Lipinski definition) is 4. The van der Waals surface area contributed by atoms with Gasteiger partial charge in [-0.2, -0.15) is 9.78 Å². The van der Waals surface area contributed by atoms with Gasteiger partial charge in [-0.05, 0) is 36.4 Å². The lowest BCUT2D eigenvalue weighted by Crippen LogP contribution is -2.11. The first-order chi connectivity index (χ1) is 10.1. The van der Waals surface area contributed by atoms with Crippen LogP contribution in [-0.4, -0.2) is 21.0 Å². The number of nitrogens with one attached hydrogen (secondary N) is 1. The molecule has 6 nitrogen and oxygen atoms in total. The molecule has 0 spiro atoms. The van der Waals surface area contributed by atoms with E-state index in [4.69, 9.17) is 9.52 Å². The highest BCUT2D eigenvalue weighted by Gasteiger charge is 2.04. The summed E-state index contributed by atoms with van der Waals surface area (Å²) in [7, 11) is 0. The Morgan fingerprint density at radius 2 is 2.00 bits per heavy atom. The number of aromatic nitrogens is 2. The first-order valence-electron chi connectivity index (χ1n) is 6.02. The van der Waals surface area contributed by atoms with Crippen LogP contribution >= 0.6 is 0 Å². The molecule has 2 heterocycles. The molecule has 0 fully saturated rings. The molecule has 0 saturated heterocycles. The summed E-state index contributed by atoms with van der Waals surface area (Å²) in [5.41, 5.74) is 0.168. The maximum absolute atomic E-state index is 12.8. The van der Waals surface area contributed by atoms with E-state index in [1.165, 1.54) is 18.3 Å². The van der Waals surface area contributed by atoms with Crippen molar-refractivity contribution in [1.82, 2.24) is 9.66 Å². The average molecular weight is 287 g/mol. The van der Waals surface area contributed by atoms with Gasteiger partial charge in [0.1, 0.15) is 17.3 Å². The number of H-pyrrole nitrogens is 1. The van der Waals surface area contributed by atoms with Gasteiger partial charge in [-0.25, -0.2) is 9.18 Å². The van der Waals surface area contributed by atoms with Crippen molar-refractivity contribution in [2.24, 2.45) is 5.10 Å². The van der Waals surface area contributed by atoms with Crippen LogP contribution in [-0.2, 0) is 0 Å². The van der Waals surface area contributed by atoms with Crippen LogP contribution in [0, 0.1) is 5.82 Å². The van der Waals surface area contributed by atoms with Crippen LogP contribution in [0.1, 0.15) is 5.76 Å². The Kier molecular flexibility index (Phi) is 3.15. The highest BCUT2D eigenvalue weighted by atomic mass is 19.1. The largest absolute Gasteiger partial charge is 0.493 e. The maximum Gasteiger partial charge on any atom is 0.349 e. The summed E-state index contributed by atoms with van der Waals surface area (Å²) in [6.07, 6.45) is 2.48. The minimum absolute atomic E-state index is 0.274. The lowest BCUT2D eigenvalue weighted by atomic mass is 10.2. The predicted molar refractivity (Wildman–Crippen MR) is 73.8 cm³/mol. The molecule has 0 bridgehead atoms. The first-order valence-corrected chi connectivity index (χ1v) is 6.02. The molecule has 7 heteroatoms. The highest BCUT2D eigenvalue weighted by molar-refractivity contribution is 5.77. The Hall–Kier alpha value is -3.09. The van der Waals surface area contributed by atoms with Gasteiger partial charge in [0.05, 0.1) is 12.4 Å². The minimum atomic E-state index is -0.561. The molecule has 3 aromatic rings. The van der Waals surface area contributed by atoms with Crippen molar-refractivity contribution in [3.05, 3.63) is 64.7 Å². The molecular formula is C14H10FN3O3. The minimum Gasteiger partial charge on any atom is -0.493 e. The Labute approximate surface area is 117 Å². The van der Waals surface area contributed by atoms with E-state index in [0.29, 0.717) is 11.5 Å². The number of aromatic amines is 1. The van der Waals surface area contributed by atoms with Crippen LogP contribution in [0.4, 0.5) is 4.39 Å². The van der Waals surface area contributed by atoms with Crippen LogP contribution in [0.25, 0.3) is 11.3 Å². The molecule has 0 unspecified atom stereocenters. The van der Waals surface area contributed by atoms with Crippen LogP contribution in [0.2, 0.25) is 0 Å². The van der Waals surface area contributed by atoms with E-state index in [1.807, 2.05) is 0 Å². The second kappa shape index (κ2) is 5.12. The summed E-state index contributed by atoms with van der Waals surface area (Å²) in [5.74, 6) is 0.380. The fourth-order valence-electron chi connectivity index (χ4n) is 1.77. The summed E-state index contributed by atoms with van der Waals surface area (Å²) < 4.78 is 19.3. The third-order valence-electron chi connectivity index (χ3n) is 2.75. The Bertz CT molecular complexity index is 843. The lowest BCUT2D eigenvalue weighted by molar-refractivity contribution is 0.455. The number of aromatic hydroxyl groups is 1. The smallest absolute Gasteiger partial charge is 0.349 e. The zero-order valence-electron chi connectivity index (χ0n) is 10.7. The van der Waals surface area contributed by atoms with E-state index < -0.39 is 5.69 Å². The van der Waals surface area contributed by atoms with Crippen LogP contribution in [0.3, 0.4) is 0 Å². The van der Waals surface area contributed by atoms with Crippen molar-refractivity contribution in [3.8, 4) is 17.2 Å². The van der Waals surface area contributed by atoms with E-state index in [0.717, 1.165) is 16.4 Å². The molecule has 0 atom stereocenters. The first kappa shape index (κ1) is 12.9. The Balaban J connectivity index is 1.83. The molecule has 0 saturated carbocycles. The molecule has 3 rings (SSSR count). The molecule has 0 aliphatic heterocycles. The van der Waals surface area contributed by atoms with Crippen molar-refractivity contribution in [1.29, 1.82) is 0 Å².